The van der Waals surface area contributed by atoms with E-state index in [1.54, 1.807) is 18.1 Å². The Morgan fingerprint density at radius 1 is 1.56 bits per heavy atom. The maximum absolute atomic E-state index is 12.1. The number of pyridine rings is 1. The molecule has 2 heterocycles. The van der Waals surface area contributed by atoms with Gasteiger partial charge in [0.2, 0.25) is 5.91 Å². The van der Waals surface area contributed by atoms with E-state index in [0.717, 1.165) is 17.8 Å². The zero-order valence-electron chi connectivity index (χ0n) is 9.90. The molecule has 0 saturated carbocycles. The van der Waals surface area contributed by atoms with Crippen LogP contribution in [0.4, 0.5) is 5.82 Å². The first-order valence-electron chi connectivity index (χ1n) is 5.55. The number of fused-ring (bicyclic) bond motifs is 1. The minimum absolute atomic E-state index is 0.0896. The van der Waals surface area contributed by atoms with Gasteiger partial charge >= 0.3 is 0 Å². The summed E-state index contributed by atoms with van der Waals surface area (Å²) in [5.41, 5.74) is 1.15. The Kier molecular flexibility index (Phi) is 2.92. The third-order valence-corrected chi connectivity index (χ3v) is 3.23. The second-order valence-corrected chi connectivity index (χ2v) is 4.29. The van der Waals surface area contributed by atoms with Crippen molar-refractivity contribution in [3.63, 3.8) is 0 Å². The molecular formula is C12H17N3O. The maximum atomic E-state index is 12.1. The number of amides is 1. The lowest BCUT2D eigenvalue weighted by molar-refractivity contribution is -0.120. The summed E-state index contributed by atoms with van der Waals surface area (Å²) in [5, 5.41) is 3.07. The fraction of sp³-hybridized carbons (Fsp3) is 0.500. The third-order valence-electron chi connectivity index (χ3n) is 3.23. The molecular weight excluding hydrogens is 202 g/mol. The number of likely N-dealkylation sites (N-methyl/N-ethyl adjacent to an activating group) is 2. The highest BCUT2D eigenvalue weighted by molar-refractivity contribution is 5.97. The summed E-state index contributed by atoms with van der Waals surface area (Å²) in [6.45, 7) is 2.14. The highest BCUT2D eigenvalue weighted by Crippen LogP contribution is 2.31. The number of carbonyl (C=O) groups is 1. The molecule has 1 aliphatic heterocycles. The molecule has 86 valence electrons. The fourth-order valence-corrected chi connectivity index (χ4v) is 2.24. The van der Waals surface area contributed by atoms with Crippen molar-refractivity contribution in [2.75, 3.05) is 19.0 Å². The molecule has 1 aromatic heterocycles. The number of nitrogens with zero attached hydrogens (tertiary/aromatic N) is 2. The monoisotopic (exact) mass is 219 g/mol. The Morgan fingerprint density at radius 3 is 3.00 bits per heavy atom. The number of nitrogens with one attached hydrogen (secondary N) is 1. The lowest BCUT2D eigenvalue weighted by atomic mass is 9.96. The van der Waals surface area contributed by atoms with Crippen molar-refractivity contribution in [3.05, 3.63) is 23.9 Å². The van der Waals surface area contributed by atoms with Gasteiger partial charge in [-0.1, -0.05) is 13.0 Å². The topological polar surface area (TPSA) is 45.2 Å². The number of anilines is 1. The van der Waals surface area contributed by atoms with Gasteiger partial charge < -0.3 is 5.32 Å². The van der Waals surface area contributed by atoms with Crippen LogP contribution in [0.2, 0.25) is 0 Å². The summed E-state index contributed by atoms with van der Waals surface area (Å²) < 4.78 is 0. The second-order valence-electron chi connectivity index (χ2n) is 4.29. The van der Waals surface area contributed by atoms with Crippen LogP contribution in [0.3, 0.4) is 0 Å². The molecule has 16 heavy (non-hydrogen) atoms. The van der Waals surface area contributed by atoms with Gasteiger partial charge in [0, 0.05) is 13.2 Å². The van der Waals surface area contributed by atoms with Gasteiger partial charge in [-0.25, -0.2) is 4.98 Å². The van der Waals surface area contributed by atoms with E-state index < -0.39 is 0 Å². The summed E-state index contributed by atoms with van der Waals surface area (Å²) in [6, 6.07) is 3.86. The Morgan fingerprint density at radius 2 is 2.31 bits per heavy atom. The zero-order valence-corrected chi connectivity index (χ0v) is 9.90. The van der Waals surface area contributed by atoms with E-state index in [1.165, 1.54) is 0 Å². The molecule has 1 amide bonds. The number of hydrogen-bond donors (Lipinski definition) is 1. The standard InChI is InChI=1S/C12H17N3O/c1-8-7-10(13-2)12(16)15(3)11-9(8)5-4-6-14-11/h4-6,8,10,13H,7H2,1-3H3. The van der Waals surface area contributed by atoms with Crippen molar-refractivity contribution in [2.24, 2.45) is 0 Å². The van der Waals surface area contributed by atoms with E-state index in [9.17, 15) is 4.79 Å². The van der Waals surface area contributed by atoms with Crippen molar-refractivity contribution < 1.29 is 4.79 Å². The van der Waals surface area contributed by atoms with Crippen LogP contribution in [0.15, 0.2) is 18.3 Å². The molecule has 0 saturated heterocycles. The van der Waals surface area contributed by atoms with Crippen molar-refractivity contribution in [1.82, 2.24) is 10.3 Å². The molecule has 1 aromatic rings. The van der Waals surface area contributed by atoms with Crippen molar-refractivity contribution in [2.45, 2.75) is 25.3 Å². The van der Waals surface area contributed by atoms with Gasteiger partial charge in [-0.2, -0.15) is 0 Å². The molecule has 0 spiro atoms. The summed E-state index contributed by atoms with van der Waals surface area (Å²) in [4.78, 5) is 18.1. The average Bonchev–Trinajstić information content (AvgIpc) is 2.41. The van der Waals surface area contributed by atoms with Crippen LogP contribution in [-0.2, 0) is 4.79 Å². The molecule has 4 heteroatoms. The fourth-order valence-electron chi connectivity index (χ4n) is 2.24. The Bertz CT molecular complexity index is 405. The van der Waals surface area contributed by atoms with Crippen LogP contribution < -0.4 is 10.2 Å². The molecule has 2 unspecified atom stereocenters. The molecule has 0 radical (unpaired) electrons. The highest BCUT2D eigenvalue weighted by atomic mass is 16.2. The van der Waals surface area contributed by atoms with E-state index in [2.05, 4.69) is 23.3 Å². The van der Waals surface area contributed by atoms with Crippen LogP contribution in [-0.4, -0.2) is 31.0 Å². The number of aromatic nitrogens is 1. The van der Waals surface area contributed by atoms with E-state index in [0.29, 0.717) is 5.92 Å². The average molecular weight is 219 g/mol. The zero-order chi connectivity index (χ0) is 11.7. The minimum atomic E-state index is -0.116. The smallest absolute Gasteiger partial charge is 0.245 e. The number of rotatable bonds is 1. The molecule has 1 aliphatic rings. The van der Waals surface area contributed by atoms with Crippen LogP contribution in [0.1, 0.15) is 24.8 Å². The molecule has 0 fully saturated rings. The molecule has 0 aliphatic carbocycles. The van der Waals surface area contributed by atoms with Crippen LogP contribution >= 0.6 is 0 Å². The quantitative estimate of drug-likeness (QED) is 0.770. The van der Waals surface area contributed by atoms with Crippen LogP contribution in [0, 0.1) is 0 Å². The normalized spacial score (nSPS) is 25.2. The SMILES string of the molecule is CNC1CC(C)c2cccnc2N(C)C1=O. The van der Waals surface area contributed by atoms with E-state index in [1.807, 2.05) is 13.1 Å². The van der Waals surface area contributed by atoms with Crippen molar-refractivity contribution in [1.29, 1.82) is 0 Å². The van der Waals surface area contributed by atoms with E-state index in [-0.39, 0.29) is 11.9 Å². The first-order valence-corrected chi connectivity index (χ1v) is 5.55. The summed E-state index contributed by atoms with van der Waals surface area (Å²) in [7, 11) is 3.61. The summed E-state index contributed by atoms with van der Waals surface area (Å²) in [6.07, 6.45) is 2.55. The second kappa shape index (κ2) is 4.22. The first kappa shape index (κ1) is 11.1. The van der Waals surface area contributed by atoms with Gasteiger partial charge in [0.1, 0.15) is 5.82 Å². The lowest BCUT2D eigenvalue weighted by Gasteiger charge is -2.19. The van der Waals surface area contributed by atoms with Gasteiger partial charge in [-0.05, 0) is 31.0 Å². The number of hydrogen-bond acceptors (Lipinski definition) is 3. The predicted octanol–water partition coefficient (Wildman–Crippen LogP) is 1.14. The molecule has 1 N–H and O–H groups in total. The maximum Gasteiger partial charge on any atom is 0.245 e. The molecule has 0 aromatic carbocycles. The lowest BCUT2D eigenvalue weighted by Crippen LogP contribution is -2.43. The largest absolute Gasteiger partial charge is 0.309 e. The molecule has 2 atom stereocenters. The van der Waals surface area contributed by atoms with Gasteiger partial charge in [0.25, 0.3) is 0 Å². The molecule has 2 rings (SSSR count). The Hall–Kier alpha value is -1.42. The van der Waals surface area contributed by atoms with E-state index >= 15 is 0 Å². The summed E-state index contributed by atoms with van der Waals surface area (Å²) >= 11 is 0. The van der Waals surface area contributed by atoms with Gasteiger partial charge in [-0.15, -0.1) is 0 Å². The van der Waals surface area contributed by atoms with Crippen molar-refractivity contribution >= 4 is 11.7 Å². The Labute approximate surface area is 95.7 Å². The Balaban J connectivity index is 2.47. The van der Waals surface area contributed by atoms with E-state index in [4.69, 9.17) is 0 Å². The molecule has 0 bridgehead atoms. The highest BCUT2D eigenvalue weighted by Gasteiger charge is 2.30. The van der Waals surface area contributed by atoms with Gasteiger partial charge in [0.15, 0.2) is 0 Å². The molecule has 4 nitrogen and oxygen atoms in total. The van der Waals surface area contributed by atoms with Crippen molar-refractivity contribution in [3.8, 4) is 0 Å². The number of carbonyl (C=O) groups excluding carboxylic acids is 1. The minimum Gasteiger partial charge on any atom is -0.309 e. The summed E-state index contributed by atoms with van der Waals surface area (Å²) in [5.74, 6) is 1.22. The third kappa shape index (κ3) is 1.69. The van der Waals surface area contributed by atoms with Gasteiger partial charge in [0.05, 0.1) is 6.04 Å². The van der Waals surface area contributed by atoms with Crippen LogP contribution in [0.5, 0.6) is 0 Å². The van der Waals surface area contributed by atoms with Gasteiger partial charge in [-0.3, -0.25) is 9.69 Å². The predicted molar refractivity (Wildman–Crippen MR) is 63.5 cm³/mol. The first-order chi connectivity index (χ1) is 7.65. The van der Waals surface area contributed by atoms with Crippen LogP contribution in [0.25, 0.3) is 0 Å².